The van der Waals surface area contributed by atoms with Crippen LogP contribution in [-0.4, -0.2) is 10.1 Å². The molecule has 0 atom stereocenters. The zero-order valence-corrected chi connectivity index (χ0v) is 9.98. The van der Waals surface area contributed by atoms with Gasteiger partial charge in [0, 0.05) is 18.1 Å². The van der Waals surface area contributed by atoms with Crippen LogP contribution >= 0.6 is 11.6 Å². The van der Waals surface area contributed by atoms with Gasteiger partial charge in [0.25, 0.3) is 0 Å². The van der Waals surface area contributed by atoms with Crippen LogP contribution < -0.4 is 5.32 Å². The quantitative estimate of drug-likeness (QED) is 0.875. The fourth-order valence-electron chi connectivity index (χ4n) is 1.46. The Labute approximate surface area is 105 Å². The molecule has 0 aliphatic rings. The van der Waals surface area contributed by atoms with E-state index in [-0.39, 0.29) is 5.75 Å². The van der Waals surface area contributed by atoms with Gasteiger partial charge in [-0.25, -0.2) is 0 Å². The zero-order valence-electron chi connectivity index (χ0n) is 9.23. The first-order valence-electron chi connectivity index (χ1n) is 5.33. The van der Waals surface area contributed by atoms with Gasteiger partial charge in [-0.15, -0.1) is 0 Å². The van der Waals surface area contributed by atoms with Crippen molar-refractivity contribution in [1.29, 1.82) is 0 Å². The number of rotatable bonds is 4. The van der Waals surface area contributed by atoms with E-state index in [0.29, 0.717) is 6.54 Å². The van der Waals surface area contributed by atoms with Crippen molar-refractivity contribution in [2.45, 2.75) is 13.1 Å². The fraction of sp³-hybridized carbons (Fsp3) is 0.154. The second-order valence-electron chi connectivity index (χ2n) is 3.74. The molecule has 0 aliphatic heterocycles. The number of halogens is 1. The lowest BCUT2D eigenvalue weighted by Gasteiger charge is -2.04. The van der Waals surface area contributed by atoms with Crippen molar-refractivity contribution in [3.05, 3.63) is 58.9 Å². The predicted molar refractivity (Wildman–Crippen MR) is 67.9 cm³/mol. The van der Waals surface area contributed by atoms with Gasteiger partial charge in [0.05, 0.1) is 11.9 Å². The van der Waals surface area contributed by atoms with Gasteiger partial charge >= 0.3 is 0 Å². The minimum Gasteiger partial charge on any atom is -0.506 e. The SMILES string of the molecule is Oc1ccc(CNCc2ccc(Cl)cc2)nc1. The highest BCUT2D eigenvalue weighted by Gasteiger charge is 1.96. The van der Waals surface area contributed by atoms with Crippen molar-refractivity contribution >= 4 is 11.6 Å². The Hall–Kier alpha value is -1.58. The zero-order chi connectivity index (χ0) is 12.1. The fourth-order valence-corrected chi connectivity index (χ4v) is 1.58. The molecule has 88 valence electrons. The summed E-state index contributed by atoms with van der Waals surface area (Å²) in [5, 5.41) is 13.1. The predicted octanol–water partition coefficient (Wildman–Crippen LogP) is 2.73. The summed E-state index contributed by atoms with van der Waals surface area (Å²) in [6, 6.07) is 11.1. The molecule has 1 aromatic heterocycles. The average molecular weight is 249 g/mol. The molecule has 0 amide bonds. The number of aromatic nitrogens is 1. The lowest BCUT2D eigenvalue weighted by Crippen LogP contribution is -2.13. The van der Waals surface area contributed by atoms with Gasteiger partial charge in [-0.3, -0.25) is 4.98 Å². The first kappa shape index (κ1) is 11.9. The van der Waals surface area contributed by atoms with E-state index >= 15 is 0 Å². The number of hydrogen-bond acceptors (Lipinski definition) is 3. The summed E-state index contributed by atoms with van der Waals surface area (Å²) in [5.41, 5.74) is 2.07. The van der Waals surface area contributed by atoms with Crippen molar-refractivity contribution in [2.24, 2.45) is 0 Å². The van der Waals surface area contributed by atoms with Crippen LogP contribution in [0.2, 0.25) is 5.02 Å². The number of hydrogen-bond donors (Lipinski definition) is 2. The minimum absolute atomic E-state index is 0.187. The topological polar surface area (TPSA) is 45.1 Å². The molecule has 2 N–H and O–H groups in total. The molecule has 0 saturated carbocycles. The van der Waals surface area contributed by atoms with Crippen LogP contribution in [0.3, 0.4) is 0 Å². The molecule has 4 heteroatoms. The number of nitrogens with zero attached hydrogens (tertiary/aromatic N) is 1. The lowest BCUT2D eigenvalue weighted by molar-refractivity contribution is 0.471. The molecule has 2 rings (SSSR count). The Morgan fingerprint density at radius 2 is 1.82 bits per heavy atom. The number of benzene rings is 1. The Kier molecular flexibility index (Phi) is 3.96. The van der Waals surface area contributed by atoms with Crippen LogP contribution in [0.1, 0.15) is 11.3 Å². The molecule has 0 radical (unpaired) electrons. The molecule has 1 aromatic carbocycles. The molecule has 0 fully saturated rings. The summed E-state index contributed by atoms with van der Waals surface area (Å²) < 4.78 is 0. The van der Waals surface area contributed by atoms with E-state index in [1.54, 1.807) is 12.1 Å². The third-order valence-electron chi connectivity index (χ3n) is 2.36. The second kappa shape index (κ2) is 5.66. The average Bonchev–Trinajstić information content (AvgIpc) is 2.34. The molecular weight excluding hydrogens is 236 g/mol. The largest absolute Gasteiger partial charge is 0.506 e. The Morgan fingerprint density at radius 1 is 1.06 bits per heavy atom. The van der Waals surface area contributed by atoms with Gasteiger partial charge in [0.2, 0.25) is 0 Å². The van der Waals surface area contributed by atoms with Gasteiger partial charge in [-0.05, 0) is 29.8 Å². The van der Waals surface area contributed by atoms with Crippen LogP contribution in [-0.2, 0) is 13.1 Å². The van der Waals surface area contributed by atoms with Gasteiger partial charge in [0.15, 0.2) is 0 Å². The lowest BCUT2D eigenvalue weighted by atomic mass is 10.2. The summed E-state index contributed by atoms with van der Waals surface area (Å²) in [4.78, 5) is 4.09. The highest BCUT2D eigenvalue weighted by atomic mass is 35.5. The van der Waals surface area contributed by atoms with Crippen LogP contribution in [0.25, 0.3) is 0 Å². The third-order valence-corrected chi connectivity index (χ3v) is 2.61. The molecule has 0 saturated heterocycles. The number of nitrogens with one attached hydrogen (secondary N) is 1. The molecule has 0 aliphatic carbocycles. The summed E-state index contributed by atoms with van der Waals surface area (Å²) >= 11 is 5.80. The maximum atomic E-state index is 9.09. The van der Waals surface area contributed by atoms with Crippen LogP contribution in [0.4, 0.5) is 0 Å². The van der Waals surface area contributed by atoms with Crippen LogP contribution in [0.15, 0.2) is 42.6 Å². The molecular formula is C13H13ClN2O. The van der Waals surface area contributed by atoms with E-state index < -0.39 is 0 Å². The maximum absolute atomic E-state index is 9.09. The van der Waals surface area contributed by atoms with Gasteiger partial charge in [-0.2, -0.15) is 0 Å². The molecule has 3 nitrogen and oxygen atoms in total. The van der Waals surface area contributed by atoms with E-state index in [9.17, 15) is 0 Å². The van der Waals surface area contributed by atoms with E-state index in [2.05, 4.69) is 10.3 Å². The maximum Gasteiger partial charge on any atom is 0.133 e. The number of aromatic hydroxyl groups is 1. The molecule has 0 unspecified atom stereocenters. The van der Waals surface area contributed by atoms with E-state index in [4.69, 9.17) is 16.7 Å². The van der Waals surface area contributed by atoms with Crippen LogP contribution in [0.5, 0.6) is 5.75 Å². The Balaban J connectivity index is 1.83. The van der Waals surface area contributed by atoms with Crippen molar-refractivity contribution in [2.75, 3.05) is 0 Å². The summed E-state index contributed by atoms with van der Waals surface area (Å²) in [6.45, 7) is 1.43. The van der Waals surface area contributed by atoms with Crippen molar-refractivity contribution < 1.29 is 5.11 Å². The summed E-state index contributed by atoms with van der Waals surface area (Å²) in [5.74, 6) is 0.187. The van der Waals surface area contributed by atoms with Crippen LogP contribution in [0, 0.1) is 0 Å². The highest BCUT2D eigenvalue weighted by Crippen LogP contribution is 2.09. The van der Waals surface area contributed by atoms with Crippen molar-refractivity contribution in [3.8, 4) is 5.75 Å². The monoisotopic (exact) mass is 248 g/mol. The first-order chi connectivity index (χ1) is 8.24. The summed E-state index contributed by atoms with van der Waals surface area (Å²) in [6.07, 6.45) is 1.44. The van der Waals surface area contributed by atoms with Crippen molar-refractivity contribution in [1.82, 2.24) is 10.3 Å². The standard InChI is InChI=1S/C13H13ClN2O/c14-11-3-1-10(2-4-11)7-15-8-12-5-6-13(17)9-16-12/h1-6,9,15,17H,7-8H2. The molecule has 1 heterocycles. The molecule has 0 spiro atoms. The first-order valence-corrected chi connectivity index (χ1v) is 5.71. The smallest absolute Gasteiger partial charge is 0.133 e. The van der Waals surface area contributed by atoms with Crippen molar-refractivity contribution in [3.63, 3.8) is 0 Å². The number of pyridine rings is 1. The van der Waals surface area contributed by atoms with E-state index in [1.807, 2.05) is 24.3 Å². The van der Waals surface area contributed by atoms with Gasteiger partial charge in [0.1, 0.15) is 5.75 Å². The molecule has 0 bridgehead atoms. The van der Waals surface area contributed by atoms with Gasteiger partial charge in [-0.1, -0.05) is 23.7 Å². The van der Waals surface area contributed by atoms with Gasteiger partial charge < -0.3 is 10.4 Å². The normalized spacial score (nSPS) is 10.4. The molecule has 17 heavy (non-hydrogen) atoms. The Morgan fingerprint density at radius 3 is 2.47 bits per heavy atom. The third kappa shape index (κ3) is 3.73. The Bertz CT molecular complexity index is 422. The highest BCUT2D eigenvalue weighted by molar-refractivity contribution is 6.30. The minimum atomic E-state index is 0.187. The van der Waals surface area contributed by atoms with E-state index in [0.717, 1.165) is 17.3 Å². The summed E-state index contributed by atoms with van der Waals surface area (Å²) in [7, 11) is 0. The van der Waals surface area contributed by atoms with E-state index in [1.165, 1.54) is 11.8 Å². The second-order valence-corrected chi connectivity index (χ2v) is 4.17. The molecule has 2 aromatic rings.